The second kappa shape index (κ2) is 5.50. The van der Waals surface area contributed by atoms with Gasteiger partial charge in [-0.25, -0.2) is 4.98 Å². The first-order chi connectivity index (χ1) is 11.6. The number of nitrogen functional groups attached to an aromatic ring is 1. The van der Waals surface area contributed by atoms with Crippen molar-refractivity contribution in [2.45, 2.75) is 0 Å². The number of carbonyl (C=O) groups is 2. The summed E-state index contributed by atoms with van der Waals surface area (Å²) in [4.78, 5) is 31.4. The van der Waals surface area contributed by atoms with Gasteiger partial charge in [0, 0.05) is 41.2 Å². The number of nitrogens with one attached hydrogen (secondary N) is 1. The lowest BCUT2D eigenvalue weighted by Gasteiger charge is -2.01. The lowest BCUT2D eigenvalue weighted by atomic mass is 10.1. The van der Waals surface area contributed by atoms with E-state index < -0.39 is 11.1 Å². The monoisotopic (exact) mass is 338 g/mol. The lowest BCUT2D eigenvalue weighted by Crippen LogP contribution is -2.17. The Hall–Kier alpha value is -3.13. The van der Waals surface area contributed by atoms with Gasteiger partial charge in [0.05, 0.1) is 4.91 Å². The summed E-state index contributed by atoms with van der Waals surface area (Å²) in [7, 11) is 0. The van der Waals surface area contributed by atoms with Gasteiger partial charge in [0.2, 0.25) is 0 Å². The Balaban J connectivity index is 1.80. The van der Waals surface area contributed by atoms with Gasteiger partial charge < -0.3 is 10.2 Å². The van der Waals surface area contributed by atoms with Gasteiger partial charge in [0.1, 0.15) is 17.2 Å². The smallest absolute Gasteiger partial charge is 0.290 e. The molecule has 0 aromatic carbocycles. The molecule has 8 heteroatoms. The summed E-state index contributed by atoms with van der Waals surface area (Å²) in [6, 6.07) is 5.30. The quantitative estimate of drug-likeness (QED) is 0.691. The molecule has 1 aliphatic rings. The minimum absolute atomic E-state index is 0.294. The van der Waals surface area contributed by atoms with Gasteiger partial charge in [-0.15, -0.1) is 0 Å². The highest BCUT2D eigenvalue weighted by atomic mass is 32.2. The maximum atomic E-state index is 11.6. The average Bonchev–Trinajstić information content (AvgIpc) is 3.10. The van der Waals surface area contributed by atoms with E-state index in [2.05, 4.69) is 15.3 Å². The number of rotatable bonds is 2. The molecule has 1 aliphatic heterocycles. The molecular formula is C16H10N4O3S. The molecule has 4 heterocycles. The molecule has 118 valence electrons. The number of furan rings is 1. The highest BCUT2D eigenvalue weighted by molar-refractivity contribution is 8.18. The molecule has 1 saturated heterocycles. The van der Waals surface area contributed by atoms with Crippen LogP contribution < -0.4 is 11.1 Å². The molecular weight excluding hydrogens is 328 g/mol. The predicted molar refractivity (Wildman–Crippen MR) is 90.8 cm³/mol. The molecule has 3 aromatic heterocycles. The Morgan fingerprint density at radius 2 is 2.08 bits per heavy atom. The van der Waals surface area contributed by atoms with Crippen molar-refractivity contribution < 1.29 is 14.0 Å². The largest absolute Gasteiger partial charge is 0.456 e. The summed E-state index contributed by atoms with van der Waals surface area (Å²) in [5, 5.41) is 2.60. The number of hydrogen-bond acceptors (Lipinski definition) is 7. The summed E-state index contributed by atoms with van der Waals surface area (Å²) < 4.78 is 5.85. The van der Waals surface area contributed by atoms with E-state index in [1.807, 2.05) is 6.07 Å². The molecule has 24 heavy (non-hydrogen) atoms. The molecule has 3 aromatic rings. The van der Waals surface area contributed by atoms with Crippen LogP contribution in [0.2, 0.25) is 0 Å². The van der Waals surface area contributed by atoms with Crippen LogP contribution in [-0.2, 0) is 4.79 Å². The van der Waals surface area contributed by atoms with E-state index in [4.69, 9.17) is 10.2 Å². The predicted octanol–water partition coefficient (Wildman–Crippen LogP) is 2.80. The van der Waals surface area contributed by atoms with Crippen LogP contribution in [0, 0.1) is 0 Å². The molecule has 1 fully saturated rings. The van der Waals surface area contributed by atoms with Crippen LogP contribution in [-0.4, -0.2) is 21.1 Å². The minimum Gasteiger partial charge on any atom is -0.456 e. The summed E-state index contributed by atoms with van der Waals surface area (Å²) in [6.45, 7) is 0. The lowest BCUT2D eigenvalue weighted by molar-refractivity contribution is -0.115. The molecule has 3 N–H and O–H groups in total. The van der Waals surface area contributed by atoms with Gasteiger partial charge in [-0.3, -0.25) is 19.9 Å². The summed E-state index contributed by atoms with van der Waals surface area (Å²) in [5.74, 6) is 0.472. The van der Waals surface area contributed by atoms with Crippen molar-refractivity contribution in [3.05, 3.63) is 47.5 Å². The van der Waals surface area contributed by atoms with E-state index in [1.54, 1.807) is 30.7 Å². The van der Waals surface area contributed by atoms with E-state index >= 15 is 0 Å². The molecule has 0 aliphatic carbocycles. The topological polar surface area (TPSA) is 111 Å². The highest BCUT2D eigenvalue weighted by Crippen LogP contribution is 2.32. The second-order valence-electron chi connectivity index (χ2n) is 5.08. The maximum absolute atomic E-state index is 11.6. The Morgan fingerprint density at radius 3 is 2.79 bits per heavy atom. The number of amides is 2. The Morgan fingerprint density at radius 1 is 1.21 bits per heavy atom. The van der Waals surface area contributed by atoms with Crippen LogP contribution >= 0.6 is 11.8 Å². The first-order valence-corrected chi connectivity index (χ1v) is 7.76. The van der Waals surface area contributed by atoms with Crippen molar-refractivity contribution in [1.29, 1.82) is 0 Å². The summed E-state index contributed by atoms with van der Waals surface area (Å²) in [6.07, 6.45) is 6.53. The van der Waals surface area contributed by atoms with E-state index in [0.717, 1.165) is 28.3 Å². The van der Waals surface area contributed by atoms with Gasteiger partial charge in [-0.05, 0) is 30.0 Å². The van der Waals surface area contributed by atoms with E-state index in [1.165, 1.54) is 6.08 Å². The van der Waals surface area contributed by atoms with Crippen molar-refractivity contribution in [3.8, 4) is 11.1 Å². The first-order valence-electron chi connectivity index (χ1n) is 6.94. The standard InChI is InChI=1S/C16H10N4O3S/c17-13-2-1-8(6-19-13)11-7-18-5-9-3-10(23-14(9)11)4-12-15(21)20-16(22)24-12/h1-7H,(H2,17,19)(H,20,21,22). The van der Waals surface area contributed by atoms with E-state index in [9.17, 15) is 9.59 Å². The number of hydrogen-bond donors (Lipinski definition) is 2. The van der Waals surface area contributed by atoms with Gasteiger partial charge in [0.15, 0.2) is 0 Å². The molecule has 0 spiro atoms. The zero-order valence-electron chi connectivity index (χ0n) is 12.1. The third-order valence-electron chi connectivity index (χ3n) is 3.45. The summed E-state index contributed by atoms with van der Waals surface area (Å²) >= 11 is 0.843. The Labute approximate surface area is 140 Å². The van der Waals surface area contributed by atoms with Crippen LogP contribution in [0.5, 0.6) is 0 Å². The van der Waals surface area contributed by atoms with Gasteiger partial charge >= 0.3 is 0 Å². The van der Waals surface area contributed by atoms with Gasteiger partial charge in [-0.1, -0.05) is 0 Å². The normalized spacial score (nSPS) is 16.1. The van der Waals surface area contributed by atoms with Crippen molar-refractivity contribution in [2.75, 3.05) is 5.73 Å². The number of imide groups is 1. The van der Waals surface area contributed by atoms with Crippen molar-refractivity contribution in [1.82, 2.24) is 15.3 Å². The van der Waals surface area contributed by atoms with Crippen molar-refractivity contribution in [2.24, 2.45) is 0 Å². The molecule has 0 unspecified atom stereocenters. The third kappa shape index (κ3) is 2.52. The number of nitrogens with zero attached hydrogens (tertiary/aromatic N) is 2. The molecule has 0 atom stereocenters. The molecule has 0 radical (unpaired) electrons. The maximum Gasteiger partial charge on any atom is 0.290 e. The average molecular weight is 338 g/mol. The number of nitrogens with two attached hydrogens (primary N) is 1. The molecule has 0 bridgehead atoms. The molecule has 0 saturated carbocycles. The summed E-state index contributed by atoms with van der Waals surface area (Å²) in [5.41, 5.74) is 7.82. The highest BCUT2D eigenvalue weighted by Gasteiger charge is 2.25. The number of pyridine rings is 2. The van der Waals surface area contributed by atoms with Crippen molar-refractivity contribution in [3.63, 3.8) is 0 Å². The molecule has 7 nitrogen and oxygen atoms in total. The number of fused-ring (bicyclic) bond motifs is 1. The fourth-order valence-corrected chi connectivity index (χ4v) is 3.04. The number of carbonyl (C=O) groups excluding carboxylic acids is 2. The number of anilines is 1. The first kappa shape index (κ1) is 14.5. The third-order valence-corrected chi connectivity index (χ3v) is 4.27. The van der Waals surface area contributed by atoms with Gasteiger partial charge in [-0.2, -0.15) is 0 Å². The van der Waals surface area contributed by atoms with Crippen LogP contribution in [0.25, 0.3) is 28.2 Å². The molecule has 4 rings (SSSR count). The van der Waals surface area contributed by atoms with Crippen LogP contribution in [0.15, 0.2) is 46.1 Å². The van der Waals surface area contributed by atoms with Crippen LogP contribution in [0.1, 0.15) is 5.76 Å². The van der Waals surface area contributed by atoms with Crippen LogP contribution in [0.3, 0.4) is 0 Å². The Kier molecular flexibility index (Phi) is 3.31. The second-order valence-corrected chi connectivity index (χ2v) is 6.09. The fourth-order valence-electron chi connectivity index (χ4n) is 2.37. The fraction of sp³-hybridized carbons (Fsp3) is 0. The zero-order valence-corrected chi connectivity index (χ0v) is 13.0. The van der Waals surface area contributed by atoms with Crippen LogP contribution in [0.4, 0.5) is 10.6 Å². The number of thioether (sulfide) groups is 1. The van der Waals surface area contributed by atoms with Gasteiger partial charge in [0.25, 0.3) is 11.1 Å². The minimum atomic E-state index is -0.425. The number of aromatic nitrogens is 2. The molecule has 2 amide bonds. The van der Waals surface area contributed by atoms with Crippen molar-refractivity contribution >= 4 is 45.8 Å². The zero-order chi connectivity index (χ0) is 16.7. The Bertz CT molecular complexity index is 1010. The SMILES string of the molecule is Nc1ccc(-c2cncc3cc(C=C4SC(=O)NC4=O)oc23)cn1. The van der Waals surface area contributed by atoms with E-state index in [-0.39, 0.29) is 0 Å². The van der Waals surface area contributed by atoms with E-state index in [0.29, 0.717) is 22.1 Å².